The number of hydrogen-bond acceptors (Lipinski definition) is 4. The van der Waals surface area contributed by atoms with Gasteiger partial charge >= 0.3 is 5.97 Å². The van der Waals surface area contributed by atoms with Crippen molar-refractivity contribution in [1.29, 1.82) is 0 Å². The second kappa shape index (κ2) is 7.74. The molecule has 1 rings (SSSR count). The number of anilines is 1. The second-order valence-corrected chi connectivity index (χ2v) is 4.06. The molecule has 1 N–H and O–H groups in total. The van der Waals surface area contributed by atoms with Gasteiger partial charge in [-0.3, -0.25) is 14.4 Å². The zero-order valence-electron chi connectivity index (χ0n) is 11.4. The van der Waals surface area contributed by atoms with Crippen molar-refractivity contribution in [2.75, 3.05) is 12.4 Å². The molecule has 0 bridgehead atoms. The first kappa shape index (κ1) is 15.4. The number of carbonyl (C=O) groups is 3. The summed E-state index contributed by atoms with van der Waals surface area (Å²) in [7, 11) is 1.31. The Balaban J connectivity index is 2.58. The van der Waals surface area contributed by atoms with E-state index in [1.165, 1.54) is 14.0 Å². The van der Waals surface area contributed by atoms with Crippen LogP contribution in [0.15, 0.2) is 24.3 Å². The van der Waals surface area contributed by atoms with Crippen LogP contribution in [-0.4, -0.2) is 24.8 Å². The standard InChI is InChI=1S/C15H15NO4/c1-11(17)10-14(18)16-13-8-6-12(7-9-13)4-3-5-15(19)20-2/h6-9H,5,10H2,1-2H3,(H,16,18). The van der Waals surface area contributed by atoms with Crippen LogP contribution in [0.4, 0.5) is 5.69 Å². The first-order valence-corrected chi connectivity index (χ1v) is 5.96. The third-order valence-corrected chi connectivity index (χ3v) is 2.27. The Morgan fingerprint density at radius 2 is 1.85 bits per heavy atom. The molecule has 0 radical (unpaired) electrons. The van der Waals surface area contributed by atoms with Gasteiger partial charge in [0, 0.05) is 11.3 Å². The highest BCUT2D eigenvalue weighted by Crippen LogP contribution is 2.09. The molecule has 1 amide bonds. The zero-order chi connectivity index (χ0) is 15.0. The van der Waals surface area contributed by atoms with Crippen LogP contribution >= 0.6 is 0 Å². The summed E-state index contributed by atoms with van der Waals surface area (Å²) in [6.45, 7) is 1.36. The van der Waals surface area contributed by atoms with Crippen LogP contribution in [0.2, 0.25) is 0 Å². The van der Waals surface area contributed by atoms with Crippen LogP contribution < -0.4 is 5.32 Å². The molecule has 0 fully saturated rings. The lowest BCUT2D eigenvalue weighted by Gasteiger charge is -2.03. The van der Waals surface area contributed by atoms with Gasteiger partial charge in [0.05, 0.1) is 13.5 Å². The third-order valence-electron chi connectivity index (χ3n) is 2.27. The molecule has 1 aromatic carbocycles. The van der Waals surface area contributed by atoms with E-state index in [0.717, 1.165) is 5.56 Å². The van der Waals surface area contributed by atoms with Crippen molar-refractivity contribution in [2.45, 2.75) is 19.8 Å². The summed E-state index contributed by atoms with van der Waals surface area (Å²) in [5.41, 5.74) is 1.31. The second-order valence-electron chi connectivity index (χ2n) is 4.06. The molecule has 0 heterocycles. The number of benzene rings is 1. The molecule has 0 saturated carbocycles. The molecule has 0 aliphatic carbocycles. The molecule has 0 saturated heterocycles. The molecule has 0 aromatic heterocycles. The normalized spacial score (nSPS) is 9.10. The number of amides is 1. The highest BCUT2D eigenvalue weighted by molar-refractivity contribution is 6.03. The van der Waals surface area contributed by atoms with Gasteiger partial charge in [-0.2, -0.15) is 0 Å². The number of rotatable bonds is 4. The summed E-state index contributed by atoms with van der Waals surface area (Å²) in [6.07, 6.45) is -0.103. The van der Waals surface area contributed by atoms with Crippen LogP contribution in [-0.2, 0) is 19.1 Å². The Hall–Kier alpha value is -2.61. The number of methoxy groups -OCH3 is 1. The van der Waals surface area contributed by atoms with Crippen molar-refractivity contribution in [1.82, 2.24) is 0 Å². The number of ether oxygens (including phenoxy) is 1. The Morgan fingerprint density at radius 3 is 2.40 bits per heavy atom. The number of nitrogens with one attached hydrogen (secondary N) is 1. The average Bonchev–Trinajstić information content (AvgIpc) is 2.39. The summed E-state index contributed by atoms with van der Waals surface area (Å²) in [5, 5.41) is 2.60. The maximum absolute atomic E-state index is 11.4. The number of ketones is 1. The van der Waals surface area contributed by atoms with Crippen LogP contribution in [0.25, 0.3) is 0 Å². The smallest absolute Gasteiger partial charge is 0.317 e. The Labute approximate surface area is 117 Å². The molecule has 0 spiro atoms. The number of esters is 1. The predicted octanol–water partition coefficient (Wildman–Crippen LogP) is 1.52. The van der Waals surface area contributed by atoms with Gasteiger partial charge in [0.25, 0.3) is 0 Å². The molecular formula is C15H15NO4. The van der Waals surface area contributed by atoms with Gasteiger partial charge in [-0.15, -0.1) is 0 Å². The molecule has 1 aromatic rings. The molecule has 0 aliphatic heterocycles. The Morgan fingerprint density at radius 1 is 1.20 bits per heavy atom. The van der Waals surface area contributed by atoms with Crippen molar-refractivity contribution >= 4 is 23.3 Å². The van der Waals surface area contributed by atoms with E-state index in [4.69, 9.17) is 0 Å². The minimum absolute atomic E-state index is 0.0353. The van der Waals surface area contributed by atoms with E-state index in [1.807, 2.05) is 0 Å². The zero-order valence-corrected chi connectivity index (χ0v) is 11.4. The molecule has 104 valence electrons. The Bertz CT molecular complexity index is 564. The SMILES string of the molecule is COC(=O)CC#Cc1ccc(NC(=O)CC(C)=O)cc1. The van der Waals surface area contributed by atoms with E-state index in [2.05, 4.69) is 21.9 Å². The van der Waals surface area contributed by atoms with Crippen LogP contribution in [0.5, 0.6) is 0 Å². The van der Waals surface area contributed by atoms with Crippen molar-refractivity contribution in [3.63, 3.8) is 0 Å². The fourth-order valence-electron chi connectivity index (χ4n) is 1.36. The van der Waals surface area contributed by atoms with Gasteiger partial charge in [-0.25, -0.2) is 0 Å². The van der Waals surface area contributed by atoms with Gasteiger partial charge in [0.2, 0.25) is 5.91 Å². The van der Waals surface area contributed by atoms with Crippen molar-refractivity contribution < 1.29 is 19.1 Å². The van der Waals surface area contributed by atoms with E-state index in [0.29, 0.717) is 5.69 Å². The number of carbonyl (C=O) groups excluding carboxylic acids is 3. The largest absolute Gasteiger partial charge is 0.468 e. The Kier molecular flexibility index (Phi) is 5.98. The van der Waals surface area contributed by atoms with Crippen LogP contribution in [0.3, 0.4) is 0 Å². The lowest BCUT2D eigenvalue weighted by Crippen LogP contribution is -2.14. The quantitative estimate of drug-likeness (QED) is 0.513. The van der Waals surface area contributed by atoms with Crippen molar-refractivity contribution in [3.8, 4) is 11.8 Å². The lowest BCUT2D eigenvalue weighted by molar-refractivity contribution is -0.139. The van der Waals surface area contributed by atoms with Gasteiger partial charge in [-0.1, -0.05) is 11.8 Å². The lowest BCUT2D eigenvalue weighted by atomic mass is 10.2. The van der Waals surface area contributed by atoms with E-state index in [1.54, 1.807) is 24.3 Å². The van der Waals surface area contributed by atoms with E-state index in [-0.39, 0.29) is 30.5 Å². The van der Waals surface area contributed by atoms with Crippen LogP contribution in [0, 0.1) is 11.8 Å². The molecule has 20 heavy (non-hydrogen) atoms. The van der Waals surface area contributed by atoms with Gasteiger partial charge < -0.3 is 10.1 Å². The highest BCUT2D eigenvalue weighted by Gasteiger charge is 2.04. The van der Waals surface area contributed by atoms with Crippen molar-refractivity contribution in [2.24, 2.45) is 0 Å². The molecule has 0 atom stereocenters. The van der Waals surface area contributed by atoms with Crippen LogP contribution in [0.1, 0.15) is 25.3 Å². The minimum Gasteiger partial charge on any atom is -0.468 e. The first-order chi connectivity index (χ1) is 9.51. The fourth-order valence-corrected chi connectivity index (χ4v) is 1.36. The predicted molar refractivity (Wildman–Crippen MR) is 73.9 cm³/mol. The highest BCUT2D eigenvalue weighted by atomic mass is 16.5. The monoisotopic (exact) mass is 273 g/mol. The summed E-state index contributed by atoms with van der Waals surface area (Å²) in [4.78, 5) is 33.0. The van der Waals surface area contributed by atoms with E-state index in [9.17, 15) is 14.4 Å². The number of Topliss-reactive ketones (excluding diaryl/α,β-unsaturated/α-hetero) is 1. The summed E-state index contributed by atoms with van der Waals surface area (Å²) in [6, 6.07) is 6.79. The summed E-state index contributed by atoms with van der Waals surface area (Å²) < 4.78 is 4.47. The molecule has 0 aliphatic rings. The van der Waals surface area contributed by atoms with Gasteiger partial charge in [-0.05, 0) is 31.2 Å². The molecule has 0 unspecified atom stereocenters. The van der Waals surface area contributed by atoms with Gasteiger partial charge in [0.15, 0.2) is 0 Å². The fraction of sp³-hybridized carbons (Fsp3) is 0.267. The number of hydrogen-bond donors (Lipinski definition) is 1. The summed E-state index contributed by atoms with van der Waals surface area (Å²) >= 11 is 0. The topological polar surface area (TPSA) is 72.5 Å². The molecule has 5 heteroatoms. The van der Waals surface area contributed by atoms with E-state index < -0.39 is 0 Å². The summed E-state index contributed by atoms with van der Waals surface area (Å²) in [5.74, 6) is 4.57. The first-order valence-electron chi connectivity index (χ1n) is 5.96. The average molecular weight is 273 g/mol. The third kappa shape index (κ3) is 5.83. The maximum Gasteiger partial charge on any atom is 0.317 e. The molecular weight excluding hydrogens is 258 g/mol. The van der Waals surface area contributed by atoms with Crippen molar-refractivity contribution in [3.05, 3.63) is 29.8 Å². The van der Waals surface area contributed by atoms with E-state index >= 15 is 0 Å². The maximum atomic E-state index is 11.4. The molecule has 5 nitrogen and oxygen atoms in total. The minimum atomic E-state index is -0.384. The van der Waals surface area contributed by atoms with Gasteiger partial charge in [0.1, 0.15) is 12.2 Å².